The third-order valence-corrected chi connectivity index (χ3v) is 5.22. The monoisotopic (exact) mass is 394 g/mol. The van der Waals surface area contributed by atoms with Crippen LogP contribution in [0.2, 0.25) is 5.02 Å². The summed E-state index contributed by atoms with van der Waals surface area (Å²) in [6.45, 7) is 5.91. The van der Waals surface area contributed by atoms with Crippen LogP contribution in [-0.2, 0) is 16.4 Å². The smallest absolute Gasteiger partial charge is 0.251 e. The van der Waals surface area contributed by atoms with Crippen molar-refractivity contribution in [1.29, 1.82) is 0 Å². The minimum absolute atomic E-state index is 0.121. The topological polar surface area (TPSA) is 75.3 Å². The quantitative estimate of drug-likeness (QED) is 0.788. The molecule has 0 aliphatic heterocycles. The molecule has 0 fully saturated rings. The second-order valence-electron chi connectivity index (χ2n) is 7.01. The number of sulfonamides is 1. The van der Waals surface area contributed by atoms with Gasteiger partial charge in [-0.2, -0.15) is 0 Å². The fourth-order valence-electron chi connectivity index (χ4n) is 2.30. The van der Waals surface area contributed by atoms with Gasteiger partial charge in [-0.25, -0.2) is 13.1 Å². The first kappa shape index (κ1) is 20.4. The van der Waals surface area contributed by atoms with Crippen molar-refractivity contribution in [3.63, 3.8) is 0 Å². The molecule has 0 saturated heterocycles. The highest BCUT2D eigenvalue weighted by molar-refractivity contribution is 7.89. The van der Waals surface area contributed by atoms with E-state index in [2.05, 4.69) is 10.0 Å². The Balaban J connectivity index is 1.99. The van der Waals surface area contributed by atoms with E-state index in [0.717, 1.165) is 5.56 Å². The SMILES string of the molecule is CC(C)(C)NC(=O)c1ccc(S(=O)(=O)NCCc2cccc(Cl)c2)cc1. The average Bonchev–Trinajstić information content (AvgIpc) is 2.53. The lowest BCUT2D eigenvalue weighted by molar-refractivity contribution is 0.0919. The molecule has 5 nitrogen and oxygen atoms in total. The number of nitrogens with one attached hydrogen (secondary N) is 2. The molecule has 2 aromatic rings. The van der Waals surface area contributed by atoms with E-state index in [4.69, 9.17) is 11.6 Å². The minimum Gasteiger partial charge on any atom is -0.347 e. The number of halogens is 1. The molecule has 0 atom stereocenters. The number of carbonyl (C=O) groups is 1. The molecule has 0 saturated carbocycles. The Kier molecular flexibility index (Phi) is 6.44. The zero-order chi connectivity index (χ0) is 19.4. The summed E-state index contributed by atoms with van der Waals surface area (Å²) in [7, 11) is -3.63. The summed E-state index contributed by atoms with van der Waals surface area (Å²) in [6, 6.07) is 13.2. The third kappa shape index (κ3) is 6.12. The second-order valence-corrected chi connectivity index (χ2v) is 9.21. The molecule has 0 aromatic heterocycles. The van der Waals surface area contributed by atoms with E-state index < -0.39 is 10.0 Å². The van der Waals surface area contributed by atoms with Gasteiger partial charge in [-0.15, -0.1) is 0 Å². The lowest BCUT2D eigenvalue weighted by Crippen LogP contribution is -2.40. The van der Waals surface area contributed by atoms with E-state index in [0.29, 0.717) is 17.0 Å². The maximum absolute atomic E-state index is 12.4. The summed E-state index contributed by atoms with van der Waals surface area (Å²) in [5.74, 6) is -0.240. The molecule has 2 rings (SSSR count). The summed E-state index contributed by atoms with van der Waals surface area (Å²) in [5, 5.41) is 3.46. The van der Waals surface area contributed by atoms with Gasteiger partial charge in [0.1, 0.15) is 0 Å². The number of hydrogen-bond acceptors (Lipinski definition) is 3. The van der Waals surface area contributed by atoms with Crippen molar-refractivity contribution in [3.05, 3.63) is 64.7 Å². The van der Waals surface area contributed by atoms with Gasteiger partial charge in [-0.1, -0.05) is 23.7 Å². The van der Waals surface area contributed by atoms with Gasteiger partial charge in [0.15, 0.2) is 0 Å². The molecule has 0 spiro atoms. The van der Waals surface area contributed by atoms with E-state index in [-0.39, 0.29) is 22.9 Å². The van der Waals surface area contributed by atoms with Crippen LogP contribution in [0.25, 0.3) is 0 Å². The van der Waals surface area contributed by atoms with Crippen LogP contribution < -0.4 is 10.0 Å². The molecule has 0 heterocycles. The Bertz CT molecular complexity index is 872. The maximum Gasteiger partial charge on any atom is 0.251 e. The summed E-state index contributed by atoms with van der Waals surface area (Å²) in [5.41, 5.74) is 1.01. The van der Waals surface area contributed by atoms with Crippen molar-refractivity contribution >= 4 is 27.5 Å². The molecule has 2 N–H and O–H groups in total. The normalized spacial score (nSPS) is 12.0. The largest absolute Gasteiger partial charge is 0.347 e. The number of carbonyl (C=O) groups excluding carboxylic acids is 1. The molecule has 0 unspecified atom stereocenters. The molecule has 1 amide bonds. The number of rotatable bonds is 6. The number of benzene rings is 2. The summed E-state index contributed by atoms with van der Waals surface area (Å²) in [6.07, 6.45) is 0.534. The van der Waals surface area contributed by atoms with E-state index in [9.17, 15) is 13.2 Å². The zero-order valence-electron chi connectivity index (χ0n) is 15.0. The van der Waals surface area contributed by atoms with Gasteiger partial charge in [-0.3, -0.25) is 4.79 Å². The van der Waals surface area contributed by atoms with Crippen LogP contribution in [-0.4, -0.2) is 26.4 Å². The van der Waals surface area contributed by atoms with Gasteiger partial charge in [0.2, 0.25) is 10.0 Å². The predicted molar refractivity (Wildman–Crippen MR) is 104 cm³/mol. The highest BCUT2D eigenvalue weighted by Crippen LogP contribution is 2.13. The Morgan fingerprint density at radius 1 is 1.08 bits per heavy atom. The molecule has 140 valence electrons. The molecular formula is C19H23ClN2O3S. The van der Waals surface area contributed by atoms with Crippen molar-refractivity contribution in [1.82, 2.24) is 10.0 Å². The van der Waals surface area contributed by atoms with E-state index in [1.54, 1.807) is 12.1 Å². The zero-order valence-corrected chi connectivity index (χ0v) is 16.6. The summed E-state index contributed by atoms with van der Waals surface area (Å²) >= 11 is 5.92. The number of hydrogen-bond donors (Lipinski definition) is 2. The fourth-order valence-corrected chi connectivity index (χ4v) is 3.55. The first-order valence-electron chi connectivity index (χ1n) is 8.23. The predicted octanol–water partition coefficient (Wildman–Crippen LogP) is 3.39. The second kappa shape index (κ2) is 8.20. The van der Waals surface area contributed by atoms with Crippen LogP contribution >= 0.6 is 11.6 Å². The van der Waals surface area contributed by atoms with Crippen LogP contribution in [0.3, 0.4) is 0 Å². The Labute approximate surface area is 159 Å². The van der Waals surface area contributed by atoms with Gasteiger partial charge in [0.05, 0.1) is 4.90 Å². The summed E-state index contributed by atoms with van der Waals surface area (Å²) < 4.78 is 27.3. The number of amides is 1. The maximum atomic E-state index is 12.4. The highest BCUT2D eigenvalue weighted by atomic mass is 35.5. The van der Waals surface area contributed by atoms with Crippen molar-refractivity contribution in [2.24, 2.45) is 0 Å². The first-order valence-corrected chi connectivity index (χ1v) is 10.1. The Morgan fingerprint density at radius 2 is 1.73 bits per heavy atom. The molecule has 26 heavy (non-hydrogen) atoms. The van der Waals surface area contributed by atoms with Crippen LogP contribution in [0.4, 0.5) is 0 Å². The average molecular weight is 395 g/mol. The van der Waals surface area contributed by atoms with Gasteiger partial charge in [-0.05, 0) is 69.2 Å². The van der Waals surface area contributed by atoms with Crippen molar-refractivity contribution in [2.45, 2.75) is 37.6 Å². The molecule has 2 aromatic carbocycles. The van der Waals surface area contributed by atoms with Gasteiger partial charge < -0.3 is 5.32 Å². The van der Waals surface area contributed by atoms with Crippen LogP contribution in [0.15, 0.2) is 53.4 Å². The standard InChI is InChI=1S/C19H23ClN2O3S/c1-19(2,3)22-18(23)15-7-9-17(10-8-15)26(24,25)21-12-11-14-5-4-6-16(20)13-14/h4-10,13,21H,11-12H2,1-3H3,(H,22,23). The molecule has 0 aliphatic carbocycles. The molecule has 7 heteroatoms. The van der Waals surface area contributed by atoms with Gasteiger partial charge in [0, 0.05) is 22.7 Å². The molecule has 0 radical (unpaired) electrons. The fraction of sp³-hybridized carbons (Fsp3) is 0.316. The van der Waals surface area contributed by atoms with Crippen LogP contribution in [0.5, 0.6) is 0 Å². The Morgan fingerprint density at radius 3 is 2.31 bits per heavy atom. The molecule has 0 aliphatic rings. The Hall–Kier alpha value is -1.89. The lowest BCUT2D eigenvalue weighted by Gasteiger charge is -2.20. The van der Waals surface area contributed by atoms with E-state index >= 15 is 0 Å². The lowest BCUT2D eigenvalue weighted by atomic mass is 10.1. The third-order valence-electron chi connectivity index (χ3n) is 3.51. The van der Waals surface area contributed by atoms with Crippen molar-refractivity contribution in [3.8, 4) is 0 Å². The molecular weight excluding hydrogens is 372 g/mol. The highest BCUT2D eigenvalue weighted by Gasteiger charge is 2.17. The van der Waals surface area contributed by atoms with Gasteiger partial charge in [0.25, 0.3) is 5.91 Å². The molecule has 0 bridgehead atoms. The van der Waals surface area contributed by atoms with E-state index in [1.807, 2.05) is 32.9 Å². The van der Waals surface area contributed by atoms with Crippen LogP contribution in [0, 0.1) is 0 Å². The first-order chi connectivity index (χ1) is 12.1. The minimum atomic E-state index is -3.63. The summed E-state index contributed by atoms with van der Waals surface area (Å²) in [4.78, 5) is 12.2. The van der Waals surface area contributed by atoms with Crippen molar-refractivity contribution in [2.75, 3.05) is 6.54 Å². The van der Waals surface area contributed by atoms with E-state index in [1.165, 1.54) is 24.3 Å². The van der Waals surface area contributed by atoms with Crippen molar-refractivity contribution < 1.29 is 13.2 Å². The van der Waals surface area contributed by atoms with Gasteiger partial charge >= 0.3 is 0 Å². The van der Waals surface area contributed by atoms with Crippen LogP contribution in [0.1, 0.15) is 36.7 Å².